The highest BCUT2D eigenvalue weighted by atomic mass is 16.6. The number of non-ortho nitro benzene ring substituents is 1. The summed E-state index contributed by atoms with van der Waals surface area (Å²) >= 11 is 0. The minimum atomic E-state index is -0.789. The molecule has 8 nitrogen and oxygen atoms in total. The molecule has 1 aromatic carbocycles. The Morgan fingerprint density at radius 2 is 2.12 bits per heavy atom. The van der Waals surface area contributed by atoms with Crippen LogP contribution in [0.15, 0.2) is 29.8 Å². The van der Waals surface area contributed by atoms with Gasteiger partial charge in [-0.1, -0.05) is 11.6 Å². The van der Waals surface area contributed by atoms with Crippen molar-refractivity contribution in [2.75, 3.05) is 25.5 Å². The van der Waals surface area contributed by atoms with Crippen molar-refractivity contribution in [2.45, 2.75) is 32.1 Å². The standard InChI is InChI=1S/C18H23N3O5/c1-19-16-8-7-14(21(24)25)11-15(16)18(23)26-12-17(22)20-10-9-13-5-3-2-4-6-13/h5,7-8,11,19H,2-4,6,9-10,12H2,1H3,(H,20,22). The van der Waals surface area contributed by atoms with Crippen LogP contribution in [0.4, 0.5) is 11.4 Å². The van der Waals surface area contributed by atoms with Gasteiger partial charge >= 0.3 is 5.97 Å². The number of amides is 1. The lowest BCUT2D eigenvalue weighted by molar-refractivity contribution is -0.384. The quantitative estimate of drug-likeness (QED) is 0.319. The maximum atomic E-state index is 12.2. The van der Waals surface area contributed by atoms with Crippen LogP contribution in [0.2, 0.25) is 0 Å². The van der Waals surface area contributed by atoms with Crippen molar-refractivity contribution in [3.8, 4) is 0 Å². The molecule has 8 heteroatoms. The predicted octanol–water partition coefficient (Wildman–Crippen LogP) is 2.80. The lowest BCUT2D eigenvalue weighted by atomic mass is 9.97. The lowest BCUT2D eigenvalue weighted by Gasteiger charge is -2.13. The van der Waals surface area contributed by atoms with Gasteiger partial charge in [0, 0.05) is 31.4 Å². The van der Waals surface area contributed by atoms with Crippen LogP contribution in [0, 0.1) is 10.1 Å². The molecule has 0 fully saturated rings. The van der Waals surface area contributed by atoms with Gasteiger partial charge in [0.25, 0.3) is 11.6 Å². The fraction of sp³-hybridized carbons (Fsp3) is 0.444. The average Bonchev–Trinajstić information content (AvgIpc) is 2.66. The normalized spacial score (nSPS) is 13.5. The number of anilines is 1. The largest absolute Gasteiger partial charge is 0.452 e. The topological polar surface area (TPSA) is 111 Å². The number of carbonyl (C=O) groups excluding carboxylic acids is 2. The molecule has 0 saturated heterocycles. The Hall–Kier alpha value is -2.90. The number of ether oxygens (including phenoxy) is 1. The van der Waals surface area contributed by atoms with Crippen LogP contribution < -0.4 is 10.6 Å². The van der Waals surface area contributed by atoms with E-state index in [1.807, 2.05) is 0 Å². The van der Waals surface area contributed by atoms with E-state index >= 15 is 0 Å². The number of carbonyl (C=O) groups is 2. The maximum absolute atomic E-state index is 12.2. The summed E-state index contributed by atoms with van der Waals surface area (Å²) in [6, 6.07) is 3.84. The summed E-state index contributed by atoms with van der Waals surface area (Å²) in [4.78, 5) is 34.2. The third-order valence-electron chi connectivity index (χ3n) is 4.19. The second-order valence-electron chi connectivity index (χ2n) is 6.02. The van der Waals surface area contributed by atoms with Crippen molar-refractivity contribution in [3.63, 3.8) is 0 Å². The van der Waals surface area contributed by atoms with Crippen LogP contribution in [-0.2, 0) is 9.53 Å². The molecule has 0 bridgehead atoms. The van der Waals surface area contributed by atoms with Crippen LogP contribution >= 0.6 is 0 Å². The SMILES string of the molecule is CNc1ccc([N+](=O)[O-])cc1C(=O)OCC(=O)NCCC1=CCCCC1. The molecule has 1 amide bonds. The minimum Gasteiger partial charge on any atom is -0.452 e. The molecule has 0 saturated carbocycles. The third-order valence-corrected chi connectivity index (χ3v) is 4.19. The summed E-state index contributed by atoms with van der Waals surface area (Å²) in [6.45, 7) is 0.0739. The number of hydrogen-bond donors (Lipinski definition) is 2. The zero-order chi connectivity index (χ0) is 18.9. The molecule has 0 aliphatic heterocycles. The van der Waals surface area contributed by atoms with Crippen LogP contribution in [0.5, 0.6) is 0 Å². The fourth-order valence-electron chi connectivity index (χ4n) is 2.79. The van der Waals surface area contributed by atoms with Crippen molar-refractivity contribution < 1.29 is 19.2 Å². The molecular weight excluding hydrogens is 338 g/mol. The number of allylic oxidation sites excluding steroid dienone is 1. The molecule has 140 valence electrons. The molecule has 0 unspecified atom stereocenters. The summed E-state index contributed by atoms with van der Waals surface area (Å²) < 4.78 is 4.98. The number of nitro groups is 1. The Morgan fingerprint density at radius 3 is 2.77 bits per heavy atom. The zero-order valence-electron chi connectivity index (χ0n) is 14.7. The molecular formula is C18H23N3O5. The van der Waals surface area contributed by atoms with Gasteiger partial charge in [0.1, 0.15) is 0 Å². The van der Waals surface area contributed by atoms with Gasteiger partial charge in [0.2, 0.25) is 0 Å². The van der Waals surface area contributed by atoms with Crippen molar-refractivity contribution in [1.29, 1.82) is 0 Å². The van der Waals surface area contributed by atoms with Crippen LogP contribution in [0.1, 0.15) is 42.5 Å². The number of nitrogens with one attached hydrogen (secondary N) is 2. The molecule has 0 aromatic heterocycles. The van der Waals surface area contributed by atoms with E-state index in [9.17, 15) is 19.7 Å². The van der Waals surface area contributed by atoms with Crippen molar-refractivity contribution in [2.24, 2.45) is 0 Å². The second kappa shape index (κ2) is 9.55. The number of nitro benzene ring substituents is 1. The van der Waals surface area contributed by atoms with Gasteiger partial charge < -0.3 is 15.4 Å². The molecule has 1 aliphatic rings. The number of rotatable bonds is 8. The average molecular weight is 361 g/mol. The minimum absolute atomic E-state index is 0.0156. The van der Waals surface area contributed by atoms with E-state index in [1.54, 1.807) is 7.05 Å². The van der Waals surface area contributed by atoms with Gasteiger partial charge in [-0.25, -0.2) is 4.79 Å². The zero-order valence-corrected chi connectivity index (χ0v) is 14.7. The van der Waals surface area contributed by atoms with Gasteiger partial charge in [-0.2, -0.15) is 0 Å². The fourth-order valence-corrected chi connectivity index (χ4v) is 2.79. The first-order chi connectivity index (χ1) is 12.5. The van der Waals surface area contributed by atoms with Gasteiger partial charge in [-0.3, -0.25) is 14.9 Å². The molecule has 2 rings (SSSR count). The summed E-state index contributed by atoms with van der Waals surface area (Å²) in [7, 11) is 1.59. The first-order valence-electron chi connectivity index (χ1n) is 8.59. The van der Waals surface area contributed by atoms with Crippen molar-refractivity contribution in [1.82, 2.24) is 5.32 Å². The summed E-state index contributed by atoms with van der Waals surface area (Å²) in [6.07, 6.45) is 7.60. The van der Waals surface area contributed by atoms with E-state index in [2.05, 4.69) is 16.7 Å². The number of esters is 1. The van der Waals surface area contributed by atoms with Gasteiger partial charge in [0.05, 0.1) is 10.5 Å². The monoisotopic (exact) mass is 361 g/mol. The Balaban J connectivity index is 1.83. The molecule has 0 heterocycles. The molecule has 1 aromatic rings. The number of nitrogens with zero attached hydrogens (tertiary/aromatic N) is 1. The highest BCUT2D eigenvalue weighted by Crippen LogP contribution is 2.22. The highest BCUT2D eigenvalue weighted by molar-refractivity contribution is 5.97. The molecule has 2 N–H and O–H groups in total. The maximum Gasteiger partial charge on any atom is 0.341 e. The summed E-state index contributed by atoms with van der Waals surface area (Å²) in [5, 5.41) is 16.3. The number of benzene rings is 1. The third kappa shape index (κ3) is 5.58. The van der Waals surface area contributed by atoms with Gasteiger partial charge in [0.15, 0.2) is 6.61 Å². The van der Waals surface area contributed by atoms with E-state index in [0.717, 1.165) is 25.3 Å². The van der Waals surface area contributed by atoms with Crippen molar-refractivity contribution >= 4 is 23.3 Å². The van der Waals surface area contributed by atoms with E-state index in [4.69, 9.17) is 4.74 Å². The smallest absolute Gasteiger partial charge is 0.341 e. The van der Waals surface area contributed by atoms with E-state index in [0.29, 0.717) is 12.2 Å². The lowest BCUT2D eigenvalue weighted by Crippen LogP contribution is -2.30. The van der Waals surface area contributed by atoms with E-state index in [-0.39, 0.29) is 11.3 Å². The molecule has 0 radical (unpaired) electrons. The molecule has 0 atom stereocenters. The second-order valence-corrected chi connectivity index (χ2v) is 6.02. The molecule has 26 heavy (non-hydrogen) atoms. The first kappa shape index (κ1) is 19.4. The Kier molecular flexibility index (Phi) is 7.13. The molecule has 1 aliphatic carbocycles. The highest BCUT2D eigenvalue weighted by Gasteiger charge is 2.18. The van der Waals surface area contributed by atoms with Crippen LogP contribution in [-0.4, -0.2) is 37.0 Å². The predicted molar refractivity (Wildman–Crippen MR) is 97.1 cm³/mol. The summed E-state index contributed by atoms with van der Waals surface area (Å²) in [5.41, 5.74) is 1.54. The van der Waals surface area contributed by atoms with E-state index < -0.39 is 23.4 Å². The Morgan fingerprint density at radius 1 is 1.31 bits per heavy atom. The number of hydrogen-bond acceptors (Lipinski definition) is 6. The van der Waals surface area contributed by atoms with Crippen LogP contribution in [0.25, 0.3) is 0 Å². The first-order valence-corrected chi connectivity index (χ1v) is 8.59. The summed E-state index contributed by atoms with van der Waals surface area (Å²) in [5.74, 6) is -1.19. The van der Waals surface area contributed by atoms with Gasteiger partial charge in [-0.05, 0) is 38.2 Å². The van der Waals surface area contributed by atoms with Gasteiger partial charge in [-0.15, -0.1) is 0 Å². The van der Waals surface area contributed by atoms with Crippen molar-refractivity contribution in [3.05, 3.63) is 45.5 Å². The van der Waals surface area contributed by atoms with E-state index in [1.165, 1.54) is 30.5 Å². The Labute approximate surface area is 151 Å². The molecule has 0 spiro atoms. The van der Waals surface area contributed by atoms with Crippen LogP contribution in [0.3, 0.4) is 0 Å². The Bertz CT molecular complexity index is 715.